The minimum Gasteiger partial charge on any atom is -0.300 e. The van der Waals surface area contributed by atoms with Gasteiger partial charge in [-0.25, -0.2) is 0 Å². The van der Waals surface area contributed by atoms with E-state index in [0.29, 0.717) is 22.5 Å². The molecule has 4 fully saturated rings. The number of carbonyl (C=O) groups excluding carboxylic acids is 1. The largest absolute Gasteiger partial charge is 0.300 e. The van der Waals surface area contributed by atoms with Crippen molar-refractivity contribution in [3.63, 3.8) is 0 Å². The first-order chi connectivity index (χ1) is 9.95. The summed E-state index contributed by atoms with van der Waals surface area (Å²) >= 11 is 0. The number of rotatable bonds is 0. The number of carbonyl (C=O) groups is 1. The molecular weight excluding hydrogens is 256 g/mol. The van der Waals surface area contributed by atoms with Crippen LogP contribution in [0, 0.1) is 34.5 Å². The van der Waals surface area contributed by atoms with Gasteiger partial charge in [-0.3, -0.25) is 4.79 Å². The Labute approximate surface area is 129 Å². The third kappa shape index (κ3) is 1.79. The average molecular weight is 286 g/mol. The zero-order valence-electron chi connectivity index (χ0n) is 13.8. The molecule has 6 unspecified atom stereocenters. The summed E-state index contributed by atoms with van der Waals surface area (Å²) in [4.78, 5) is 11.9. The van der Waals surface area contributed by atoms with Gasteiger partial charge in [0.15, 0.2) is 0 Å². The quantitative estimate of drug-likeness (QED) is 0.562. The van der Waals surface area contributed by atoms with Gasteiger partial charge in [0.1, 0.15) is 5.78 Å². The molecule has 0 saturated heterocycles. The fourth-order valence-electron chi connectivity index (χ4n) is 6.95. The van der Waals surface area contributed by atoms with Crippen molar-refractivity contribution in [2.75, 3.05) is 0 Å². The van der Waals surface area contributed by atoms with E-state index in [-0.39, 0.29) is 0 Å². The van der Waals surface area contributed by atoms with Crippen LogP contribution in [0.1, 0.15) is 71.6 Å². The lowest BCUT2D eigenvalue weighted by atomic mass is 9.45. The van der Waals surface area contributed by atoms with Crippen molar-refractivity contribution in [2.45, 2.75) is 71.6 Å². The number of Topliss-reactive ketones (excluding diaryl/α,β-unsaturated/α-hetero) is 1. The number of ketones is 1. The van der Waals surface area contributed by atoms with Crippen LogP contribution in [0.25, 0.3) is 0 Å². The molecule has 0 aromatic heterocycles. The minimum atomic E-state index is 0.439. The summed E-state index contributed by atoms with van der Waals surface area (Å²) in [6.07, 6.45) is 11.0. The normalized spacial score (nSPS) is 53.0. The lowest BCUT2D eigenvalue weighted by molar-refractivity contribution is -0.136. The molecule has 0 aromatic rings. The first-order valence-electron chi connectivity index (χ1n) is 9.15. The van der Waals surface area contributed by atoms with Gasteiger partial charge >= 0.3 is 0 Å². The molecule has 0 N–H and O–H groups in total. The summed E-state index contributed by atoms with van der Waals surface area (Å²) in [5, 5.41) is 0. The van der Waals surface area contributed by atoms with Crippen LogP contribution >= 0.6 is 0 Å². The van der Waals surface area contributed by atoms with Gasteiger partial charge < -0.3 is 0 Å². The van der Waals surface area contributed by atoms with Gasteiger partial charge in [-0.15, -0.1) is 0 Å². The summed E-state index contributed by atoms with van der Waals surface area (Å²) < 4.78 is 0. The monoisotopic (exact) mass is 286 g/mol. The Morgan fingerprint density at radius 3 is 2.62 bits per heavy atom. The summed E-state index contributed by atoms with van der Waals surface area (Å²) in [6, 6.07) is 0. The van der Waals surface area contributed by atoms with Crippen molar-refractivity contribution in [1.82, 2.24) is 0 Å². The van der Waals surface area contributed by atoms with E-state index in [2.05, 4.69) is 20.4 Å². The number of fused-ring (bicyclic) bond motifs is 5. The topological polar surface area (TPSA) is 17.1 Å². The Bertz CT molecular complexity index is 492. The predicted molar refractivity (Wildman–Crippen MR) is 85.9 cm³/mol. The Hall–Kier alpha value is -0.590. The van der Waals surface area contributed by atoms with Crippen LogP contribution in [0.15, 0.2) is 12.2 Å². The fraction of sp³-hybridized carbons (Fsp3) is 0.850. The fourth-order valence-corrected chi connectivity index (χ4v) is 6.95. The third-order valence-corrected chi connectivity index (χ3v) is 8.44. The molecule has 4 aliphatic carbocycles. The maximum absolute atomic E-state index is 11.9. The minimum absolute atomic E-state index is 0.439. The van der Waals surface area contributed by atoms with Crippen molar-refractivity contribution in [3.05, 3.63) is 12.2 Å². The van der Waals surface area contributed by atoms with Gasteiger partial charge in [0.25, 0.3) is 0 Å². The Balaban J connectivity index is 1.65. The van der Waals surface area contributed by atoms with Gasteiger partial charge in [-0.1, -0.05) is 26.0 Å². The molecule has 116 valence electrons. The summed E-state index contributed by atoms with van der Waals surface area (Å²) in [5.41, 5.74) is 2.44. The molecule has 0 amide bonds. The van der Waals surface area contributed by atoms with Crippen LogP contribution in [0.5, 0.6) is 0 Å². The SMILES string of the molecule is C=C1CCC2C3CCC4CC(=O)CCC4(C)C3CCC12C. The van der Waals surface area contributed by atoms with Crippen molar-refractivity contribution >= 4 is 5.78 Å². The molecule has 6 atom stereocenters. The first kappa shape index (κ1) is 14.0. The molecule has 0 spiro atoms. The maximum atomic E-state index is 11.9. The predicted octanol–water partition coefficient (Wildman–Crippen LogP) is 5.15. The molecule has 0 heterocycles. The molecule has 1 nitrogen and oxygen atoms in total. The molecule has 0 aliphatic heterocycles. The second-order valence-corrected chi connectivity index (χ2v) is 9.00. The highest BCUT2D eigenvalue weighted by atomic mass is 16.1. The Morgan fingerprint density at radius 2 is 1.81 bits per heavy atom. The number of hydrogen-bond acceptors (Lipinski definition) is 1. The van der Waals surface area contributed by atoms with Gasteiger partial charge in [0, 0.05) is 12.8 Å². The molecule has 4 saturated carbocycles. The van der Waals surface area contributed by atoms with E-state index in [1.54, 1.807) is 0 Å². The smallest absolute Gasteiger partial charge is 0.133 e. The van der Waals surface area contributed by atoms with Crippen LogP contribution in [0.2, 0.25) is 0 Å². The number of allylic oxidation sites excluding steroid dienone is 1. The lowest BCUT2D eigenvalue weighted by Crippen LogP contribution is -2.52. The van der Waals surface area contributed by atoms with Crippen LogP contribution in [-0.2, 0) is 4.79 Å². The van der Waals surface area contributed by atoms with Gasteiger partial charge in [0.2, 0.25) is 0 Å². The molecular formula is C20H30O. The molecule has 4 aliphatic rings. The van der Waals surface area contributed by atoms with Crippen molar-refractivity contribution in [3.8, 4) is 0 Å². The van der Waals surface area contributed by atoms with Gasteiger partial charge in [-0.05, 0) is 79.4 Å². The molecule has 0 bridgehead atoms. The molecule has 0 radical (unpaired) electrons. The second kappa shape index (κ2) is 4.46. The summed E-state index contributed by atoms with van der Waals surface area (Å²) in [6.45, 7) is 9.45. The lowest BCUT2D eigenvalue weighted by Gasteiger charge is -2.59. The Kier molecular flexibility index (Phi) is 2.98. The summed E-state index contributed by atoms with van der Waals surface area (Å²) in [7, 11) is 0. The Morgan fingerprint density at radius 1 is 1.00 bits per heavy atom. The maximum Gasteiger partial charge on any atom is 0.133 e. The molecule has 21 heavy (non-hydrogen) atoms. The van der Waals surface area contributed by atoms with Crippen LogP contribution < -0.4 is 0 Å². The van der Waals surface area contributed by atoms with E-state index in [1.807, 2.05) is 0 Å². The van der Waals surface area contributed by atoms with E-state index in [0.717, 1.165) is 30.6 Å². The highest BCUT2D eigenvalue weighted by Gasteiger charge is 2.58. The summed E-state index contributed by atoms with van der Waals surface area (Å²) in [5.74, 6) is 3.91. The first-order valence-corrected chi connectivity index (χ1v) is 9.15. The standard InChI is InChI=1S/C20H30O/c1-13-4-7-17-16-6-5-14-12-15(21)8-10-20(14,3)18(16)9-11-19(13,17)2/h14,16-18H,1,4-12H2,2-3H3. The second-order valence-electron chi connectivity index (χ2n) is 9.00. The van der Waals surface area contributed by atoms with E-state index in [9.17, 15) is 4.79 Å². The molecule has 0 aromatic carbocycles. The van der Waals surface area contributed by atoms with E-state index in [4.69, 9.17) is 0 Å². The van der Waals surface area contributed by atoms with Crippen LogP contribution in [0.4, 0.5) is 0 Å². The molecule has 1 heteroatoms. The molecule has 4 rings (SSSR count). The zero-order chi connectivity index (χ0) is 14.8. The van der Waals surface area contributed by atoms with Gasteiger partial charge in [-0.2, -0.15) is 0 Å². The van der Waals surface area contributed by atoms with Crippen LogP contribution in [0.3, 0.4) is 0 Å². The van der Waals surface area contributed by atoms with Crippen molar-refractivity contribution in [2.24, 2.45) is 34.5 Å². The zero-order valence-corrected chi connectivity index (χ0v) is 13.8. The number of hydrogen-bond donors (Lipinski definition) is 0. The van der Waals surface area contributed by atoms with E-state index >= 15 is 0 Å². The average Bonchev–Trinajstić information content (AvgIpc) is 2.76. The van der Waals surface area contributed by atoms with Crippen molar-refractivity contribution in [1.29, 1.82) is 0 Å². The van der Waals surface area contributed by atoms with Gasteiger partial charge in [0.05, 0.1) is 0 Å². The van der Waals surface area contributed by atoms with E-state index < -0.39 is 0 Å². The third-order valence-electron chi connectivity index (χ3n) is 8.44. The van der Waals surface area contributed by atoms with Crippen LogP contribution in [-0.4, -0.2) is 5.78 Å². The highest BCUT2D eigenvalue weighted by molar-refractivity contribution is 5.79. The van der Waals surface area contributed by atoms with Crippen molar-refractivity contribution < 1.29 is 4.79 Å². The highest BCUT2D eigenvalue weighted by Crippen LogP contribution is 2.66. The van der Waals surface area contributed by atoms with E-state index in [1.165, 1.54) is 50.5 Å².